The van der Waals surface area contributed by atoms with Gasteiger partial charge in [-0.15, -0.1) is 0 Å². The van der Waals surface area contributed by atoms with E-state index in [0.717, 1.165) is 0 Å². The van der Waals surface area contributed by atoms with Crippen LogP contribution in [0, 0.1) is 0 Å². The van der Waals surface area contributed by atoms with Crippen molar-refractivity contribution in [2.24, 2.45) is 0 Å². The highest BCUT2D eigenvalue weighted by molar-refractivity contribution is 7.05. The molecule has 0 saturated carbocycles. The lowest BCUT2D eigenvalue weighted by Crippen LogP contribution is -2.63. The average Bonchev–Trinajstić information content (AvgIpc) is 3.68. The summed E-state index contributed by atoms with van der Waals surface area (Å²) in [6, 6.07) is 53.8. The number of anilines is 3. The van der Waals surface area contributed by atoms with Crippen LogP contribution in [0.4, 0.5) is 17.1 Å². The minimum absolute atomic E-state index is 0.0493. The van der Waals surface area contributed by atoms with Gasteiger partial charge in [-0.2, -0.15) is 0 Å². The van der Waals surface area contributed by atoms with E-state index in [1.807, 2.05) is 0 Å². The van der Waals surface area contributed by atoms with Crippen LogP contribution >= 0.6 is 0 Å². The summed E-state index contributed by atoms with van der Waals surface area (Å²) in [5, 5.41) is 0. The number of benzene rings is 7. The van der Waals surface area contributed by atoms with E-state index in [9.17, 15) is 0 Å². The van der Waals surface area contributed by atoms with Crippen LogP contribution in [0.3, 0.4) is 0 Å². The first-order valence-corrected chi connectivity index (χ1v) is 19.3. The van der Waals surface area contributed by atoms with Gasteiger partial charge in [0.2, 0.25) is 13.4 Å². The second-order valence-electron chi connectivity index (χ2n) is 17.7. The molecule has 0 radical (unpaired) electrons. The number of rotatable bonds is 2. The van der Waals surface area contributed by atoms with Crippen molar-refractivity contribution in [3.63, 3.8) is 0 Å². The first-order valence-electron chi connectivity index (χ1n) is 19.3. The van der Waals surface area contributed by atoms with Gasteiger partial charge in [0, 0.05) is 17.1 Å². The normalized spacial score (nSPS) is 14.1. The van der Waals surface area contributed by atoms with Crippen molar-refractivity contribution in [1.29, 1.82) is 0 Å². The van der Waals surface area contributed by atoms with Gasteiger partial charge in [0.15, 0.2) is 0 Å². The largest absolute Gasteiger partial charge is 0.312 e. The smallest absolute Gasteiger partial charge is 0.248 e. The number of hydrogen-bond donors (Lipinski definition) is 0. The second kappa shape index (κ2) is 10.5. The van der Waals surface area contributed by atoms with Crippen LogP contribution < -0.4 is 37.7 Å². The van der Waals surface area contributed by atoms with E-state index in [1.54, 1.807) is 0 Å². The van der Waals surface area contributed by atoms with Crippen LogP contribution in [0.5, 0.6) is 0 Å². The van der Waals surface area contributed by atoms with Crippen LogP contribution in [0.1, 0.15) is 52.7 Å². The maximum Gasteiger partial charge on any atom is 0.248 e. The standard InChI is InChI=1S/C50H41B2N/c1-49(2,3)34-20-22-40-37(28-34)36-18-13-19-44-46(36)51(40)42-25-33(31-16-11-8-12-17-31)26-43-48(42)53(44)45-27-32(30-14-9-7-10-15-30)24-39-38-29-35(50(4,5)6)21-23-41(38)52(43)47(39)45/h7-29H,1-6H3. The molecule has 4 heterocycles. The molecule has 0 unspecified atom stereocenters. The Hall–Kier alpha value is -5.53. The number of fused-ring (bicyclic) bond motifs is 10. The van der Waals surface area contributed by atoms with Crippen molar-refractivity contribution in [1.82, 2.24) is 0 Å². The van der Waals surface area contributed by atoms with Crippen LogP contribution in [0.2, 0.25) is 0 Å². The summed E-state index contributed by atoms with van der Waals surface area (Å²) in [4.78, 5) is 2.67. The zero-order valence-corrected chi connectivity index (χ0v) is 31.4. The zero-order valence-electron chi connectivity index (χ0n) is 31.4. The maximum absolute atomic E-state index is 2.67. The highest BCUT2D eigenvalue weighted by atomic mass is 15.2. The molecule has 0 aliphatic carbocycles. The SMILES string of the molecule is CC(C)(C)c1ccc2c(c1)-c1cccc3c1B2c1cc(-c2ccccc2)cc2c1N3c1cc(-c3ccccc3)cc3c1B2c1ccc(C(C)(C)C)cc1-3. The summed E-state index contributed by atoms with van der Waals surface area (Å²) in [5.41, 5.74) is 26.1. The van der Waals surface area contributed by atoms with Gasteiger partial charge in [0.25, 0.3) is 0 Å². The first-order chi connectivity index (χ1) is 25.6. The molecule has 4 aliphatic rings. The van der Waals surface area contributed by atoms with E-state index in [2.05, 4.69) is 186 Å². The monoisotopic (exact) mass is 677 g/mol. The summed E-state index contributed by atoms with van der Waals surface area (Å²) in [5.74, 6) is 0. The molecule has 11 rings (SSSR count). The molecular weight excluding hydrogens is 636 g/mol. The highest BCUT2D eigenvalue weighted by Crippen LogP contribution is 2.47. The predicted molar refractivity (Wildman–Crippen MR) is 230 cm³/mol. The van der Waals surface area contributed by atoms with Crippen molar-refractivity contribution in [2.45, 2.75) is 52.4 Å². The van der Waals surface area contributed by atoms with Crippen molar-refractivity contribution >= 4 is 63.3 Å². The van der Waals surface area contributed by atoms with Gasteiger partial charge < -0.3 is 4.90 Å². The van der Waals surface area contributed by atoms with Gasteiger partial charge in [-0.25, -0.2) is 0 Å². The topological polar surface area (TPSA) is 3.24 Å². The van der Waals surface area contributed by atoms with E-state index in [0.29, 0.717) is 0 Å². The lowest BCUT2D eigenvalue weighted by atomic mass is 9.32. The molecule has 7 aromatic rings. The number of nitrogens with zero attached hydrogens (tertiary/aromatic N) is 1. The summed E-state index contributed by atoms with van der Waals surface area (Å²) in [6.45, 7) is 14.3. The zero-order chi connectivity index (χ0) is 36.0. The van der Waals surface area contributed by atoms with Gasteiger partial charge in [0.05, 0.1) is 0 Å². The molecule has 0 fully saturated rings. The fourth-order valence-corrected chi connectivity index (χ4v) is 9.95. The van der Waals surface area contributed by atoms with Gasteiger partial charge >= 0.3 is 0 Å². The van der Waals surface area contributed by atoms with Crippen molar-refractivity contribution in [3.8, 4) is 44.5 Å². The Morgan fingerprint density at radius 1 is 0.377 bits per heavy atom. The van der Waals surface area contributed by atoms with E-state index in [1.165, 1.54) is 105 Å². The number of hydrogen-bond acceptors (Lipinski definition) is 1. The molecule has 4 aliphatic heterocycles. The van der Waals surface area contributed by atoms with Gasteiger partial charge in [-0.3, -0.25) is 0 Å². The third-order valence-electron chi connectivity index (χ3n) is 12.6. The van der Waals surface area contributed by atoms with Crippen LogP contribution in [0.25, 0.3) is 44.5 Å². The summed E-state index contributed by atoms with van der Waals surface area (Å²) < 4.78 is 0. The predicted octanol–water partition coefficient (Wildman–Crippen LogP) is 8.71. The van der Waals surface area contributed by atoms with Crippen molar-refractivity contribution < 1.29 is 0 Å². The van der Waals surface area contributed by atoms with E-state index < -0.39 is 0 Å². The van der Waals surface area contributed by atoms with Crippen LogP contribution in [-0.2, 0) is 10.8 Å². The van der Waals surface area contributed by atoms with Crippen molar-refractivity contribution in [3.05, 3.63) is 151 Å². The quantitative estimate of drug-likeness (QED) is 0.166. The molecule has 3 heteroatoms. The molecule has 7 aromatic carbocycles. The van der Waals surface area contributed by atoms with Crippen LogP contribution in [-0.4, -0.2) is 13.4 Å². The van der Waals surface area contributed by atoms with E-state index >= 15 is 0 Å². The Labute approximate surface area is 314 Å². The summed E-state index contributed by atoms with van der Waals surface area (Å²) in [7, 11) is 0. The second-order valence-corrected chi connectivity index (χ2v) is 17.7. The van der Waals surface area contributed by atoms with Gasteiger partial charge in [-0.1, -0.05) is 174 Å². The Balaban J connectivity index is 1.27. The lowest BCUT2D eigenvalue weighted by molar-refractivity contribution is 0.590. The summed E-state index contributed by atoms with van der Waals surface area (Å²) >= 11 is 0. The molecule has 0 N–H and O–H groups in total. The molecule has 0 saturated heterocycles. The molecule has 0 amide bonds. The molecule has 0 spiro atoms. The van der Waals surface area contributed by atoms with Crippen LogP contribution in [0.15, 0.2) is 140 Å². The third kappa shape index (κ3) is 4.28. The minimum atomic E-state index is 0.0493. The Kier molecular flexibility index (Phi) is 6.17. The summed E-state index contributed by atoms with van der Waals surface area (Å²) in [6.07, 6.45) is 0. The van der Waals surface area contributed by atoms with E-state index in [-0.39, 0.29) is 24.3 Å². The molecule has 252 valence electrons. The third-order valence-corrected chi connectivity index (χ3v) is 12.6. The fourth-order valence-electron chi connectivity index (χ4n) is 9.95. The average molecular weight is 678 g/mol. The van der Waals surface area contributed by atoms with Gasteiger partial charge in [0.1, 0.15) is 0 Å². The van der Waals surface area contributed by atoms with E-state index in [4.69, 9.17) is 0 Å². The Morgan fingerprint density at radius 2 is 0.887 bits per heavy atom. The molecule has 53 heavy (non-hydrogen) atoms. The maximum atomic E-state index is 2.67. The van der Waals surface area contributed by atoms with Crippen molar-refractivity contribution in [2.75, 3.05) is 4.90 Å². The minimum Gasteiger partial charge on any atom is -0.312 e. The molecule has 0 aromatic heterocycles. The molecule has 0 atom stereocenters. The highest BCUT2D eigenvalue weighted by Gasteiger charge is 2.50. The molecule has 0 bridgehead atoms. The van der Waals surface area contributed by atoms with Gasteiger partial charge in [-0.05, 0) is 107 Å². The Morgan fingerprint density at radius 3 is 1.43 bits per heavy atom. The lowest BCUT2D eigenvalue weighted by Gasteiger charge is -2.43. The Bertz CT molecular complexity index is 2680. The fraction of sp³-hybridized carbons (Fsp3) is 0.160. The first kappa shape index (κ1) is 31.0. The molecular formula is C50H41B2N. The molecule has 1 nitrogen and oxygen atoms in total.